The first kappa shape index (κ1) is 26.0. The molecular weight excluding hydrogens is 512 g/mol. The lowest BCUT2D eigenvalue weighted by Gasteiger charge is -2.19. The lowest BCUT2D eigenvalue weighted by molar-refractivity contribution is -0.0169. The van der Waals surface area contributed by atoms with Crippen molar-refractivity contribution >= 4 is 11.9 Å². The highest BCUT2D eigenvalue weighted by molar-refractivity contribution is 5.90. The summed E-state index contributed by atoms with van der Waals surface area (Å²) in [4.78, 5) is 24.4. The number of rotatable bonds is 8. The zero-order valence-corrected chi connectivity index (χ0v) is 21.3. The lowest BCUT2D eigenvalue weighted by atomic mass is 10.0. The molecule has 8 atom stereocenters. The summed E-state index contributed by atoms with van der Waals surface area (Å²) < 4.78 is 45.3. The summed E-state index contributed by atoms with van der Waals surface area (Å²) in [6.07, 6.45) is -2.80. The van der Waals surface area contributed by atoms with Crippen LogP contribution in [0.25, 0.3) is 0 Å². The maximum atomic E-state index is 12.8. The van der Waals surface area contributed by atoms with E-state index in [0.717, 1.165) is 0 Å². The van der Waals surface area contributed by atoms with E-state index in [1.807, 2.05) is 0 Å². The Morgan fingerprint density at radius 3 is 2.08 bits per heavy atom. The Labute approximate surface area is 224 Å². The Morgan fingerprint density at radius 1 is 0.744 bits per heavy atom. The molecule has 0 amide bonds. The van der Waals surface area contributed by atoms with Crippen LogP contribution in [0.15, 0.2) is 48.5 Å². The molecule has 1 N–H and O–H groups in total. The van der Waals surface area contributed by atoms with Crippen molar-refractivity contribution in [2.24, 2.45) is 5.92 Å². The quantitative estimate of drug-likeness (QED) is 0.486. The molecule has 4 aliphatic heterocycles. The highest BCUT2D eigenvalue weighted by atomic mass is 16.6. The Balaban J connectivity index is 0.982. The van der Waals surface area contributed by atoms with E-state index in [1.54, 1.807) is 48.5 Å². The van der Waals surface area contributed by atoms with Crippen LogP contribution in [-0.2, 0) is 28.4 Å². The Morgan fingerprint density at radius 2 is 1.33 bits per heavy atom. The van der Waals surface area contributed by atoms with Gasteiger partial charge in [-0.05, 0) is 48.5 Å². The predicted molar refractivity (Wildman–Crippen MR) is 132 cm³/mol. The number of benzene rings is 2. The number of hydrogen-bond donors (Lipinski definition) is 1. The molecule has 11 heteroatoms. The van der Waals surface area contributed by atoms with Crippen molar-refractivity contribution in [2.45, 2.75) is 42.7 Å². The molecule has 0 aliphatic carbocycles. The molecule has 0 radical (unpaired) electrons. The van der Waals surface area contributed by atoms with Crippen LogP contribution < -0.4 is 9.47 Å². The summed E-state index contributed by atoms with van der Waals surface area (Å²) >= 11 is 0. The number of fused-ring (bicyclic) bond motifs is 2. The van der Waals surface area contributed by atoms with Crippen molar-refractivity contribution in [3.63, 3.8) is 0 Å². The average Bonchev–Trinajstić information content (AvgIpc) is 3.73. The normalized spacial score (nSPS) is 32.9. The first-order valence-corrected chi connectivity index (χ1v) is 12.9. The minimum atomic E-state index is -0.641. The van der Waals surface area contributed by atoms with Gasteiger partial charge in [0.05, 0.1) is 57.4 Å². The molecule has 4 saturated heterocycles. The van der Waals surface area contributed by atoms with Gasteiger partial charge < -0.3 is 43.0 Å². The molecule has 4 heterocycles. The summed E-state index contributed by atoms with van der Waals surface area (Å²) in [5.41, 5.74) is 0.827. The van der Waals surface area contributed by atoms with Gasteiger partial charge in [0.25, 0.3) is 0 Å². The highest BCUT2D eigenvalue weighted by Crippen LogP contribution is 2.34. The second kappa shape index (κ2) is 11.1. The smallest absolute Gasteiger partial charge is 0.338 e. The maximum absolute atomic E-state index is 12.8. The molecular formula is C28H30O11. The minimum absolute atomic E-state index is 0.0282. The van der Waals surface area contributed by atoms with Crippen LogP contribution in [0.4, 0.5) is 0 Å². The van der Waals surface area contributed by atoms with Crippen molar-refractivity contribution < 1.29 is 52.6 Å². The second-order valence-corrected chi connectivity index (χ2v) is 9.97. The van der Waals surface area contributed by atoms with E-state index in [1.165, 1.54) is 7.11 Å². The molecule has 4 unspecified atom stereocenters. The lowest BCUT2D eigenvalue weighted by Crippen LogP contribution is -2.34. The van der Waals surface area contributed by atoms with Gasteiger partial charge >= 0.3 is 11.9 Å². The van der Waals surface area contributed by atoms with Crippen LogP contribution in [0.5, 0.6) is 11.5 Å². The van der Waals surface area contributed by atoms with Crippen molar-refractivity contribution in [2.75, 3.05) is 40.1 Å². The molecule has 6 rings (SSSR count). The van der Waals surface area contributed by atoms with Crippen molar-refractivity contribution in [3.05, 3.63) is 59.7 Å². The van der Waals surface area contributed by atoms with E-state index >= 15 is 0 Å². The minimum Gasteiger partial charge on any atom is -0.493 e. The monoisotopic (exact) mass is 542 g/mol. The number of aliphatic hydroxyl groups excluding tert-OH is 1. The molecule has 0 saturated carbocycles. The standard InChI is InChI=1S/C28H30O11/c1-32-27(30)15-2-6-18(7-3-15)33-10-17-11-34-25-22(14-36-23(17)25)39-28(31)16-4-8-19(9-5-16)38-21-13-37-24-20(29)12-35-26(21)24/h2-9,17,20-26,29H,10-14H2,1H3/t17-,20-,21-,22-,23?,24?,25?,26?/m0/s1. The molecule has 39 heavy (non-hydrogen) atoms. The van der Waals surface area contributed by atoms with Gasteiger partial charge in [-0.1, -0.05) is 0 Å². The molecule has 4 aliphatic rings. The van der Waals surface area contributed by atoms with Crippen molar-refractivity contribution in [1.29, 1.82) is 0 Å². The Bertz CT molecular complexity index is 1170. The van der Waals surface area contributed by atoms with E-state index in [-0.39, 0.29) is 49.7 Å². The van der Waals surface area contributed by atoms with Crippen LogP contribution in [0.1, 0.15) is 20.7 Å². The van der Waals surface area contributed by atoms with Crippen molar-refractivity contribution in [3.8, 4) is 11.5 Å². The van der Waals surface area contributed by atoms with Crippen LogP contribution in [-0.4, -0.2) is 99.9 Å². The van der Waals surface area contributed by atoms with Crippen molar-refractivity contribution in [1.82, 2.24) is 0 Å². The van der Waals surface area contributed by atoms with Gasteiger partial charge in [0.2, 0.25) is 0 Å². The number of carbonyl (C=O) groups is 2. The highest BCUT2D eigenvalue weighted by Gasteiger charge is 2.50. The molecule has 208 valence electrons. The fraction of sp³-hybridized carbons (Fsp3) is 0.500. The average molecular weight is 543 g/mol. The summed E-state index contributed by atoms with van der Waals surface area (Å²) in [7, 11) is 1.33. The summed E-state index contributed by atoms with van der Waals surface area (Å²) in [5.74, 6) is 0.275. The summed E-state index contributed by atoms with van der Waals surface area (Å²) in [5, 5.41) is 9.88. The van der Waals surface area contributed by atoms with Crippen LogP contribution in [0, 0.1) is 5.92 Å². The largest absolute Gasteiger partial charge is 0.493 e. The number of methoxy groups -OCH3 is 1. The molecule has 11 nitrogen and oxygen atoms in total. The van der Waals surface area contributed by atoms with Crippen LogP contribution in [0.2, 0.25) is 0 Å². The van der Waals surface area contributed by atoms with Crippen LogP contribution in [0.3, 0.4) is 0 Å². The third-order valence-corrected chi connectivity index (χ3v) is 7.47. The third kappa shape index (κ3) is 5.32. The van der Waals surface area contributed by atoms with Gasteiger partial charge in [0.15, 0.2) is 12.2 Å². The fourth-order valence-corrected chi connectivity index (χ4v) is 5.39. The number of carbonyl (C=O) groups excluding carboxylic acids is 2. The van der Waals surface area contributed by atoms with Gasteiger partial charge in [-0.15, -0.1) is 0 Å². The van der Waals surface area contributed by atoms with Crippen LogP contribution >= 0.6 is 0 Å². The first-order valence-electron chi connectivity index (χ1n) is 12.9. The Kier molecular flexibility index (Phi) is 7.41. The Hall–Kier alpha value is -3.22. The van der Waals surface area contributed by atoms with E-state index < -0.39 is 24.1 Å². The molecule has 0 bridgehead atoms. The molecule has 2 aromatic rings. The topological polar surface area (TPSA) is 128 Å². The zero-order chi connectivity index (χ0) is 26.9. The summed E-state index contributed by atoms with van der Waals surface area (Å²) in [6.45, 7) is 1.58. The number of hydrogen-bond acceptors (Lipinski definition) is 11. The van der Waals surface area contributed by atoms with E-state index in [4.69, 9.17) is 37.9 Å². The first-order chi connectivity index (χ1) is 19.0. The molecule has 0 aromatic heterocycles. The van der Waals surface area contributed by atoms with Gasteiger partial charge in [-0.25, -0.2) is 9.59 Å². The molecule has 0 spiro atoms. The van der Waals surface area contributed by atoms with Gasteiger partial charge in [0.1, 0.15) is 35.9 Å². The fourth-order valence-electron chi connectivity index (χ4n) is 5.39. The van der Waals surface area contributed by atoms with E-state index in [9.17, 15) is 14.7 Å². The number of ether oxygens (including phenoxy) is 8. The third-order valence-electron chi connectivity index (χ3n) is 7.47. The van der Waals surface area contributed by atoms with Gasteiger partial charge in [-0.2, -0.15) is 0 Å². The van der Waals surface area contributed by atoms with Gasteiger partial charge in [0, 0.05) is 5.92 Å². The maximum Gasteiger partial charge on any atom is 0.338 e. The van der Waals surface area contributed by atoms with Gasteiger partial charge in [-0.3, -0.25) is 0 Å². The summed E-state index contributed by atoms with van der Waals surface area (Å²) in [6, 6.07) is 13.4. The number of esters is 2. The van der Waals surface area contributed by atoms with E-state index in [2.05, 4.69) is 0 Å². The zero-order valence-electron chi connectivity index (χ0n) is 21.3. The predicted octanol–water partition coefficient (Wildman–Crippen LogP) is 1.40. The molecule has 2 aromatic carbocycles. The second-order valence-electron chi connectivity index (χ2n) is 9.97. The van der Waals surface area contributed by atoms with E-state index in [0.29, 0.717) is 42.4 Å². The molecule has 4 fully saturated rings. The SMILES string of the molecule is COC(=O)c1ccc(OC[C@H]2COC3C2OC[C@@H]3OC(=O)c2ccc(O[C@H]3COC4C3OC[C@@H]4O)cc2)cc1. The number of aliphatic hydroxyl groups is 1.